The molecule has 0 radical (unpaired) electrons. The van der Waals surface area contributed by atoms with Crippen molar-refractivity contribution < 1.29 is 9.53 Å². The average Bonchev–Trinajstić information content (AvgIpc) is 2.89. The molecule has 0 aliphatic carbocycles. The Kier molecular flexibility index (Phi) is 3.94. The fourth-order valence-electron chi connectivity index (χ4n) is 2.32. The van der Waals surface area contributed by atoms with Gasteiger partial charge in [0.2, 0.25) is 0 Å². The summed E-state index contributed by atoms with van der Waals surface area (Å²) in [7, 11) is 0. The highest BCUT2D eigenvalue weighted by atomic mass is 32.1. The van der Waals surface area contributed by atoms with Gasteiger partial charge < -0.3 is 15.4 Å². The SMILES string of the molecule is Cc1cscc1CNC(C)c1ccc2c(c1)NC(=O)CO2. The Hall–Kier alpha value is -1.85. The van der Waals surface area contributed by atoms with Crippen LogP contribution in [0.25, 0.3) is 0 Å². The van der Waals surface area contributed by atoms with E-state index < -0.39 is 0 Å². The number of hydrogen-bond donors (Lipinski definition) is 2. The summed E-state index contributed by atoms with van der Waals surface area (Å²) in [5.74, 6) is 0.633. The average molecular weight is 302 g/mol. The number of carbonyl (C=O) groups is 1. The predicted molar refractivity (Wildman–Crippen MR) is 84.9 cm³/mol. The molecule has 1 aromatic carbocycles. The second-order valence-electron chi connectivity index (χ2n) is 5.28. The van der Waals surface area contributed by atoms with Gasteiger partial charge in [0, 0.05) is 12.6 Å². The number of thiophene rings is 1. The zero-order valence-corrected chi connectivity index (χ0v) is 12.9. The molecular formula is C16H18N2O2S. The lowest BCUT2D eigenvalue weighted by Crippen LogP contribution is -2.26. The number of aryl methyl sites for hydroxylation is 1. The van der Waals surface area contributed by atoms with Gasteiger partial charge >= 0.3 is 0 Å². The van der Waals surface area contributed by atoms with Crippen molar-refractivity contribution in [3.8, 4) is 5.75 Å². The van der Waals surface area contributed by atoms with E-state index in [0.717, 1.165) is 23.5 Å². The molecule has 2 aromatic rings. The zero-order chi connectivity index (χ0) is 14.8. The maximum atomic E-state index is 11.4. The zero-order valence-electron chi connectivity index (χ0n) is 12.1. The van der Waals surface area contributed by atoms with Gasteiger partial charge in [0.1, 0.15) is 5.75 Å². The largest absolute Gasteiger partial charge is 0.482 e. The van der Waals surface area contributed by atoms with Crippen molar-refractivity contribution in [2.45, 2.75) is 26.4 Å². The topological polar surface area (TPSA) is 50.4 Å². The van der Waals surface area contributed by atoms with Gasteiger partial charge in [-0.3, -0.25) is 4.79 Å². The van der Waals surface area contributed by atoms with E-state index in [0.29, 0.717) is 0 Å². The van der Waals surface area contributed by atoms with Gasteiger partial charge in [-0.1, -0.05) is 6.07 Å². The van der Waals surface area contributed by atoms with Crippen LogP contribution in [0.15, 0.2) is 29.0 Å². The molecule has 21 heavy (non-hydrogen) atoms. The maximum absolute atomic E-state index is 11.4. The number of amides is 1. The molecule has 0 fully saturated rings. The third kappa shape index (κ3) is 3.09. The summed E-state index contributed by atoms with van der Waals surface area (Å²) < 4.78 is 5.37. The fourth-order valence-corrected chi connectivity index (χ4v) is 3.18. The van der Waals surface area contributed by atoms with Gasteiger partial charge in [0.25, 0.3) is 5.91 Å². The number of carbonyl (C=O) groups excluding carboxylic acids is 1. The third-order valence-corrected chi connectivity index (χ3v) is 4.61. The molecule has 0 saturated heterocycles. The lowest BCUT2D eigenvalue weighted by atomic mass is 10.1. The van der Waals surface area contributed by atoms with Gasteiger partial charge in [-0.05, 0) is 53.4 Å². The molecule has 1 aliphatic rings. The van der Waals surface area contributed by atoms with Crippen LogP contribution in [0.5, 0.6) is 5.75 Å². The first-order chi connectivity index (χ1) is 10.1. The van der Waals surface area contributed by atoms with Crippen LogP contribution in [-0.2, 0) is 11.3 Å². The van der Waals surface area contributed by atoms with Crippen molar-refractivity contribution in [1.29, 1.82) is 0 Å². The van der Waals surface area contributed by atoms with Crippen molar-refractivity contribution in [2.24, 2.45) is 0 Å². The van der Waals surface area contributed by atoms with Crippen molar-refractivity contribution in [1.82, 2.24) is 5.32 Å². The highest BCUT2D eigenvalue weighted by Gasteiger charge is 2.17. The molecule has 3 rings (SSSR count). The van der Waals surface area contributed by atoms with Gasteiger partial charge in [-0.2, -0.15) is 11.3 Å². The maximum Gasteiger partial charge on any atom is 0.262 e. The molecule has 4 nitrogen and oxygen atoms in total. The summed E-state index contributed by atoms with van der Waals surface area (Å²) in [5.41, 5.74) is 4.55. The van der Waals surface area contributed by atoms with E-state index in [1.54, 1.807) is 11.3 Å². The molecule has 0 spiro atoms. The van der Waals surface area contributed by atoms with E-state index in [2.05, 4.69) is 35.2 Å². The number of benzene rings is 1. The number of hydrogen-bond acceptors (Lipinski definition) is 4. The van der Waals surface area contributed by atoms with Crippen LogP contribution in [0, 0.1) is 6.92 Å². The standard InChI is InChI=1S/C16H18N2O2S/c1-10-8-21-9-13(10)6-17-11(2)12-3-4-15-14(5-12)18-16(19)7-20-15/h3-5,8-9,11,17H,6-7H2,1-2H3,(H,18,19). The van der Waals surface area contributed by atoms with Crippen LogP contribution in [0.3, 0.4) is 0 Å². The molecule has 1 unspecified atom stereocenters. The number of rotatable bonds is 4. The van der Waals surface area contributed by atoms with E-state index in [1.807, 2.05) is 18.2 Å². The summed E-state index contributed by atoms with van der Waals surface area (Å²) in [6.45, 7) is 5.19. The lowest BCUT2D eigenvalue weighted by molar-refractivity contribution is -0.118. The molecule has 1 aromatic heterocycles. The minimum Gasteiger partial charge on any atom is -0.482 e. The number of fused-ring (bicyclic) bond motifs is 1. The minimum absolute atomic E-state index is 0.0948. The second-order valence-corrected chi connectivity index (χ2v) is 6.02. The summed E-state index contributed by atoms with van der Waals surface area (Å²) in [6.07, 6.45) is 0. The number of ether oxygens (including phenoxy) is 1. The highest BCUT2D eigenvalue weighted by Crippen LogP contribution is 2.30. The Balaban J connectivity index is 1.70. The summed E-state index contributed by atoms with van der Waals surface area (Å²) in [5, 5.41) is 10.7. The molecule has 110 valence electrons. The Labute approximate surface area is 128 Å². The normalized spacial score (nSPS) is 15.0. The predicted octanol–water partition coefficient (Wildman–Crippen LogP) is 3.24. The van der Waals surface area contributed by atoms with E-state index in [9.17, 15) is 4.79 Å². The van der Waals surface area contributed by atoms with E-state index in [4.69, 9.17) is 4.74 Å². The lowest BCUT2D eigenvalue weighted by Gasteiger charge is -2.21. The first-order valence-corrected chi connectivity index (χ1v) is 7.89. The molecule has 0 bridgehead atoms. The molecule has 2 N–H and O–H groups in total. The Morgan fingerprint density at radius 2 is 2.29 bits per heavy atom. The van der Waals surface area contributed by atoms with Crippen molar-refractivity contribution in [3.05, 3.63) is 45.6 Å². The molecule has 0 saturated carbocycles. The second kappa shape index (κ2) is 5.87. The Bertz CT molecular complexity index is 666. The first-order valence-electron chi connectivity index (χ1n) is 6.95. The van der Waals surface area contributed by atoms with Gasteiger partial charge in [0.15, 0.2) is 6.61 Å². The van der Waals surface area contributed by atoms with E-state index >= 15 is 0 Å². The van der Waals surface area contributed by atoms with Crippen LogP contribution in [0.4, 0.5) is 5.69 Å². The Morgan fingerprint density at radius 1 is 1.43 bits per heavy atom. The summed E-state index contributed by atoms with van der Waals surface area (Å²) in [6, 6.07) is 6.13. The highest BCUT2D eigenvalue weighted by molar-refractivity contribution is 7.08. The first kappa shape index (κ1) is 14.1. The van der Waals surface area contributed by atoms with Crippen LogP contribution in [0.1, 0.15) is 29.7 Å². The van der Waals surface area contributed by atoms with Crippen LogP contribution >= 0.6 is 11.3 Å². The van der Waals surface area contributed by atoms with Crippen LogP contribution in [-0.4, -0.2) is 12.5 Å². The van der Waals surface area contributed by atoms with E-state index in [1.165, 1.54) is 11.1 Å². The van der Waals surface area contributed by atoms with Crippen LogP contribution < -0.4 is 15.4 Å². The van der Waals surface area contributed by atoms with Crippen molar-refractivity contribution in [3.63, 3.8) is 0 Å². The Morgan fingerprint density at radius 3 is 3.05 bits per heavy atom. The van der Waals surface area contributed by atoms with Crippen molar-refractivity contribution >= 4 is 22.9 Å². The van der Waals surface area contributed by atoms with E-state index in [-0.39, 0.29) is 18.6 Å². The molecule has 2 heterocycles. The van der Waals surface area contributed by atoms with Gasteiger partial charge in [-0.25, -0.2) is 0 Å². The van der Waals surface area contributed by atoms with Gasteiger partial charge in [-0.15, -0.1) is 0 Å². The smallest absolute Gasteiger partial charge is 0.262 e. The summed E-state index contributed by atoms with van der Waals surface area (Å²) >= 11 is 1.73. The van der Waals surface area contributed by atoms with Crippen molar-refractivity contribution in [2.75, 3.05) is 11.9 Å². The monoisotopic (exact) mass is 302 g/mol. The molecule has 5 heteroatoms. The molecule has 1 atom stereocenters. The number of anilines is 1. The fraction of sp³-hybridized carbons (Fsp3) is 0.312. The molecular weight excluding hydrogens is 284 g/mol. The number of nitrogens with one attached hydrogen (secondary N) is 2. The van der Waals surface area contributed by atoms with Crippen LogP contribution in [0.2, 0.25) is 0 Å². The third-order valence-electron chi connectivity index (χ3n) is 3.70. The molecule has 1 amide bonds. The quantitative estimate of drug-likeness (QED) is 0.911. The minimum atomic E-state index is -0.103. The molecule has 1 aliphatic heterocycles. The van der Waals surface area contributed by atoms with Gasteiger partial charge in [0.05, 0.1) is 5.69 Å². The summed E-state index contributed by atoms with van der Waals surface area (Å²) in [4.78, 5) is 11.4.